The number of nitro benzene ring substituents is 1. The molecule has 0 aliphatic carbocycles. The zero-order valence-electron chi connectivity index (χ0n) is 10.5. The van der Waals surface area contributed by atoms with Gasteiger partial charge in [-0.05, 0) is 6.07 Å². The molecule has 2 rings (SSSR count). The Labute approximate surface area is 121 Å². The van der Waals surface area contributed by atoms with Crippen molar-refractivity contribution >= 4 is 22.9 Å². The number of benzene rings is 1. The number of halogens is 2. The standard InChI is InChI=1S/C12H9F2N3O3S/c13-9-4-11(17(19)20)10(14)3-8(9)12(18)15-2-1-7-5-21-6-16-7/h3-6H,1-2H2,(H,15,18). The second kappa shape index (κ2) is 6.35. The number of hydrogen-bond donors (Lipinski definition) is 1. The minimum absolute atomic E-state index is 0.195. The molecule has 1 aromatic heterocycles. The second-order valence-corrected chi connectivity index (χ2v) is 4.74. The highest BCUT2D eigenvalue weighted by atomic mass is 32.1. The Morgan fingerprint density at radius 1 is 1.38 bits per heavy atom. The van der Waals surface area contributed by atoms with Crippen molar-refractivity contribution in [2.45, 2.75) is 6.42 Å². The van der Waals surface area contributed by atoms with E-state index in [2.05, 4.69) is 10.3 Å². The first-order valence-corrected chi connectivity index (χ1v) is 6.72. The van der Waals surface area contributed by atoms with Gasteiger partial charge in [0.2, 0.25) is 5.82 Å². The summed E-state index contributed by atoms with van der Waals surface area (Å²) in [7, 11) is 0. The van der Waals surface area contributed by atoms with Gasteiger partial charge in [-0.25, -0.2) is 9.37 Å². The van der Waals surface area contributed by atoms with E-state index in [4.69, 9.17) is 0 Å². The van der Waals surface area contributed by atoms with E-state index < -0.39 is 33.7 Å². The molecule has 110 valence electrons. The van der Waals surface area contributed by atoms with Crippen LogP contribution in [0, 0.1) is 21.7 Å². The molecule has 1 N–H and O–H groups in total. The van der Waals surface area contributed by atoms with Crippen molar-refractivity contribution in [2.24, 2.45) is 0 Å². The van der Waals surface area contributed by atoms with Gasteiger partial charge in [-0.15, -0.1) is 11.3 Å². The Morgan fingerprint density at radius 3 is 2.76 bits per heavy atom. The fourth-order valence-electron chi connectivity index (χ4n) is 1.61. The smallest absolute Gasteiger partial charge is 0.307 e. The van der Waals surface area contributed by atoms with Gasteiger partial charge in [0, 0.05) is 18.3 Å². The number of hydrogen-bond acceptors (Lipinski definition) is 5. The number of rotatable bonds is 5. The largest absolute Gasteiger partial charge is 0.352 e. The van der Waals surface area contributed by atoms with E-state index in [1.54, 1.807) is 10.9 Å². The van der Waals surface area contributed by atoms with E-state index in [1.165, 1.54) is 11.3 Å². The molecule has 2 aromatic rings. The molecule has 0 unspecified atom stereocenters. The lowest BCUT2D eigenvalue weighted by molar-refractivity contribution is -0.387. The fourth-order valence-corrected chi connectivity index (χ4v) is 2.20. The van der Waals surface area contributed by atoms with Crippen LogP contribution in [0.4, 0.5) is 14.5 Å². The van der Waals surface area contributed by atoms with Crippen LogP contribution in [0.3, 0.4) is 0 Å². The van der Waals surface area contributed by atoms with Crippen LogP contribution < -0.4 is 5.32 Å². The summed E-state index contributed by atoms with van der Waals surface area (Å²) in [5.74, 6) is -3.24. The van der Waals surface area contributed by atoms with E-state index in [0.29, 0.717) is 18.6 Å². The fraction of sp³-hybridized carbons (Fsp3) is 0.167. The Morgan fingerprint density at radius 2 is 2.14 bits per heavy atom. The highest BCUT2D eigenvalue weighted by Gasteiger charge is 2.21. The van der Waals surface area contributed by atoms with Gasteiger partial charge in [0.1, 0.15) is 5.82 Å². The zero-order valence-corrected chi connectivity index (χ0v) is 11.3. The molecule has 0 radical (unpaired) electrons. The van der Waals surface area contributed by atoms with E-state index in [9.17, 15) is 23.7 Å². The predicted molar refractivity (Wildman–Crippen MR) is 71.2 cm³/mol. The topological polar surface area (TPSA) is 85.1 Å². The Balaban J connectivity index is 2.05. The highest BCUT2D eigenvalue weighted by Crippen LogP contribution is 2.21. The number of nitro groups is 1. The van der Waals surface area contributed by atoms with Gasteiger partial charge in [-0.1, -0.05) is 0 Å². The van der Waals surface area contributed by atoms with Crippen molar-refractivity contribution in [1.29, 1.82) is 0 Å². The lowest BCUT2D eigenvalue weighted by Crippen LogP contribution is -2.26. The van der Waals surface area contributed by atoms with Crippen LogP contribution in [0.25, 0.3) is 0 Å². The monoisotopic (exact) mass is 313 g/mol. The average Bonchev–Trinajstić information content (AvgIpc) is 2.93. The van der Waals surface area contributed by atoms with Gasteiger partial charge in [-0.3, -0.25) is 14.9 Å². The number of aromatic nitrogens is 1. The molecule has 0 saturated carbocycles. The molecule has 1 aromatic carbocycles. The van der Waals surface area contributed by atoms with Gasteiger partial charge < -0.3 is 5.32 Å². The molecule has 6 nitrogen and oxygen atoms in total. The number of nitrogens with zero attached hydrogens (tertiary/aromatic N) is 2. The van der Waals surface area contributed by atoms with Crippen LogP contribution in [0.2, 0.25) is 0 Å². The van der Waals surface area contributed by atoms with E-state index in [-0.39, 0.29) is 6.54 Å². The van der Waals surface area contributed by atoms with Crippen LogP contribution in [0.1, 0.15) is 16.1 Å². The molecular formula is C12H9F2N3O3S. The van der Waals surface area contributed by atoms with Gasteiger partial charge in [-0.2, -0.15) is 4.39 Å². The lowest BCUT2D eigenvalue weighted by atomic mass is 10.1. The third kappa shape index (κ3) is 3.57. The molecule has 9 heteroatoms. The normalized spacial score (nSPS) is 10.4. The van der Waals surface area contributed by atoms with Crippen LogP contribution in [-0.4, -0.2) is 22.4 Å². The summed E-state index contributed by atoms with van der Waals surface area (Å²) in [5.41, 5.74) is 0.835. The van der Waals surface area contributed by atoms with E-state index in [1.807, 2.05) is 0 Å². The van der Waals surface area contributed by atoms with Crippen LogP contribution >= 0.6 is 11.3 Å². The maximum atomic E-state index is 13.6. The van der Waals surface area contributed by atoms with Crippen molar-refractivity contribution in [3.8, 4) is 0 Å². The number of carbonyl (C=O) groups excluding carboxylic acids is 1. The summed E-state index contributed by atoms with van der Waals surface area (Å²) in [6, 6.07) is 0.913. The predicted octanol–water partition coefficient (Wildman–Crippen LogP) is 2.30. The molecule has 0 atom stereocenters. The second-order valence-electron chi connectivity index (χ2n) is 4.03. The van der Waals surface area contributed by atoms with E-state index in [0.717, 1.165) is 5.69 Å². The van der Waals surface area contributed by atoms with Gasteiger partial charge in [0.25, 0.3) is 5.91 Å². The summed E-state index contributed by atoms with van der Waals surface area (Å²) in [6.07, 6.45) is 0.451. The zero-order chi connectivity index (χ0) is 15.4. The first kappa shape index (κ1) is 15.0. The first-order valence-electron chi connectivity index (χ1n) is 5.77. The van der Waals surface area contributed by atoms with Gasteiger partial charge in [0.05, 0.1) is 27.8 Å². The maximum Gasteiger partial charge on any atom is 0.307 e. The molecule has 1 heterocycles. The Kier molecular flexibility index (Phi) is 4.53. The third-order valence-electron chi connectivity index (χ3n) is 2.63. The number of thiazole rings is 1. The van der Waals surface area contributed by atoms with Crippen molar-refractivity contribution in [3.05, 3.63) is 56.0 Å². The first-order chi connectivity index (χ1) is 9.99. The summed E-state index contributed by atoms with van der Waals surface area (Å²) < 4.78 is 27.0. The van der Waals surface area contributed by atoms with Crippen molar-refractivity contribution in [1.82, 2.24) is 10.3 Å². The molecule has 0 fully saturated rings. The molecule has 0 bridgehead atoms. The molecular weight excluding hydrogens is 304 g/mol. The Hall–Kier alpha value is -2.42. The van der Waals surface area contributed by atoms with Gasteiger partial charge >= 0.3 is 5.69 Å². The summed E-state index contributed by atoms with van der Waals surface area (Å²) in [5, 5.41) is 14.7. The minimum Gasteiger partial charge on any atom is -0.352 e. The molecule has 0 spiro atoms. The molecule has 0 aliphatic heterocycles. The molecule has 1 amide bonds. The van der Waals surface area contributed by atoms with E-state index >= 15 is 0 Å². The molecule has 21 heavy (non-hydrogen) atoms. The van der Waals surface area contributed by atoms with Crippen LogP contribution in [0.15, 0.2) is 23.0 Å². The molecule has 0 saturated heterocycles. The third-order valence-corrected chi connectivity index (χ3v) is 3.26. The van der Waals surface area contributed by atoms with Crippen molar-refractivity contribution < 1.29 is 18.5 Å². The molecule has 0 aliphatic rings. The quantitative estimate of drug-likeness (QED) is 0.678. The lowest BCUT2D eigenvalue weighted by Gasteiger charge is -2.05. The summed E-state index contributed by atoms with van der Waals surface area (Å²) in [4.78, 5) is 25.1. The SMILES string of the molecule is O=C(NCCc1cscn1)c1cc(F)c([N+](=O)[O-])cc1F. The summed E-state index contributed by atoms with van der Waals surface area (Å²) >= 11 is 1.41. The van der Waals surface area contributed by atoms with Crippen LogP contribution in [0.5, 0.6) is 0 Å². The van der Waals surface area contributed by atoms with Gasteiger partial charge in [0.15, 0.2) is 0 Å². The highest BCUT2D eigenvalue weighted by molar-refractivity contribution is 7.07. The number of nitrogens with one attached hydrogen (secondary N) is 1. The maximum absolute atomic E-state index is 13.6. The number of carbonyl (C=O) groups is 1. The van der Waals surface area contributed by atoms with Crippen LogP contribution in [-0.2, 0) is 6.42 Å². The van der Waals surface area contributed by atoms with Crippen molar-refractivity contribution in [3.63, 3.8) is 0 Å². The van der Waals surface area contributed by atoms with Crippen molar-refractivity contribution in [2.75, 3.05) is 6.54 Å². The average molecular weight is 313 g/mol. The Bertz CT molecular complexity index is 677. The minimum atomic E-state index is -1.26. The number of amides is 1. The summed E-state index contributed by atoms with van der Waals surface area (Å²) in [6.45, 7) is 0.195.